The molecule has 3 heteroatoms. The molecule has 0 radical (unpaired) electrons. The van der Waals surface area contributed by atoms with Gasteiger partial charge in [-0.1, -0.05) is 18.6 Å². The molecule has 98 valence electrons. The van der Waals surface area contributed by atoms with Crippen molar-refractivity contribution in [3.05, 3.63) is 11.6 Å². The Morgan fingerprint density at radius 3 is 2.82 bits per heavy atom. The van der Waals surface area contributed by atoms with Gasteiger partial charge < -0.3 is 14.8 Å². The topological polar surface area (TPSA) is 30.5 Å². The Hall–Kier alpha value is -0.380. The lowest BCUT2D eigenvalue weighted by molar-refractivity contribution is -0.0507. The van der Waals surface area contributed by atoms with Crippen LogP contribution in [-0.2, 0) is 9.47 Å². The van der Waals surface area contributed by atoms with Gasteiger partial charge in [0.15, 0.2) is 6.29 Å². The van der Waals surface area contributed by atoms with E-state index in [4.69, 9.17) is 9.47 Å². The summed E-state index contributed by atoms with van der Waals surface area (Å²) >= 11 is 0. The molecule has 1 saturated heterocycles. The third-order valence-corrected chi connectivity index (χ3v) is 3.53. The highest BCUT2D eigenvalue weighted by Gasteiger charge is 2.23. The molecule has 0 aromatic rings. The van der Waals surface area contributed by atoms with Crippen molar-refractivity contribution in [1.29, 1.82) is 0 Å². The van der Waals surface area contributed by atoms with Crippen LogP contribution >= 0.6 is 0 Å². The van der Waals surface area contributed by atoms with Crippen molar-refractivity contribution in [2.24, 2.45) is 0 Å². The van der Waals surface area contributed by atoms with Gasteiger partial charge in [-0.15, -0.1) is 0 Å². The van der Waals surface area contributed by atoms with E-state index < -0.39 is 0 Å². The number of hydrogen-bond acceptors (Lipinski definition) is 3. The molecule has 1 N–H and O–H groups in total. The molecule has 2 rings (SSSR count). The van der Waals surface area contributed by atoms with E-state index in [1.165, 1.54) is 32.1 Å². The lowest BCUT2D eigenvalue weighted by Crippen LogP contribution is -2.35. The molecular formula is C14H25NO2. The van der Waals surface area contributed by atoms with Crippen LogP contribution in [0.2, 0.25) is 0 Å². The van der Waals surface area contributed by atoms with Gasteiger partial charge in [0, 0.05) is 12.5 Å². The van der Waals surface area contributed by atoms with E-state index in [-0.39, 0.29) is 6.29 Å². The first kappa shape index (κ1) is 13.1. The van der Waals surface area contributed by atoms with Crippen LogP contribution in [0.15, 0.2) is 11.6 Å². The van der Waals surface area contributed by atoms with Crippen molar-refractivity contribution in [3.8, 4) is 0 Å². The Labute approximate surface area is 105 Å². The van der Waals surface area contributed by atoms with Crippen LogP contribution in [0.25, 0.3) is 0 Å². The molecule has 1 fully saturated rings. The highest BCUT2D eigenvalue weighted by atomic mass is 16.7. The first-order valence-electron chi connectivity index (χ1n) is 7.05. The molecule has 1 unspecified atom stereocenters. The van der Waals surface area contributed by atoms with Crippen LogP contribution in [0.5, 0.6) is 0 Å². The summed E-state index contributed by atoms with van der Waals surface area (Å²) in [5.41, 5.74) is 1.57. The van der Waals surface area contributed by atoms with E-state index in [1.807, 2.05) is 0 Å². The molecule has 1 aliphatic carbocycles. The van der Waals surface area contributed by atoms with Crippen molar-refractivity contribution in [2.45, 2.75) is 57.8 Å². The molecule has 1 atom stereocenters. The monoisotopic (exact) mass is 239 g/mol. The van der Waals surface area contributed by atoms with Crippen LogP contribution in [0.1, 0.15) is 45.4 Å². The lowest BCUT2D eigenvalue weighted by atomic mass is 9.92. The summed E-state index contributed by atoms with van der Waals surface area (Å²) < 4.78 is 11.1. The first-order valence-corrected chi connectivity index (χ1v) is 7.05. The quantitative estimate of drug-likeness (QED) is 0.723. The Morgan fingerprint density at radius 2 is 2.18 bits per heavy atom. The summed E-state index contributed by atoms with van der Waals surface area (Å²) in [7, 11) is 0. The second-order valence-corrected chi connectivity index (χ2v) is 4.94. The fourth-order valence-corrected chi connectivity index (χ4v) is 2.60. The van der Waals surface area contributed by atoms with E-state index in [0.29, 0.717) is 6.04 Å². The van der Waals surface area contributed by atoms with Gasteiger partial charge in [-0.3, -0.25) is 0 Å². The maximum absolute atomic E-state index is 5.56. The second kappa shape index (κ2) is 7.14. The number of allylic oxidation sites excluding steroid dienone is 1. The highest BCUT2D eigenvalue weighted by molar-refractivity contribution is 5.13. The van der Waals surface area contributed by atoms with Crippen LogP contribution in [-0.4, -0.2) is 32.1 Å². The number of rotatable bonds is 6. The molecule has 2 aliphatic rings. The summed E-state index contributed by atoms with van der Waals surface area (Å²) in [6.45, 7) is 4.80. The Morgan fingerprint density at radius 1 is 1.35 bits per heavy atom. The molecular weight excluding hydrogens is 214 g/mol. The van der Waals surface area contributed by atoms with E-state index in [0.717, 1.165) is 26.2 Å². The van der Waals surface area contributed by atoms with Gasteiger partial charge in [0.2, 0.25) is 0 Å². The van der Waals surface area contributed by atoms with Gasteiger partial charge in [0.25, 0.3) is 0 Å². The third kappa shape index (κ3) is 4.09. The Bertz CT molecular complexity index is 247. The van der Waals surface area contributed by atoms with Gasteiger partial charge in [-0.05, 0) is 38.6 Å². The zero-order valence-electron chi connectivity index (χ0n) is 10.9. The van der Waals surface area contributed by atoms with E-state index in [1.54, 1.807) is 5.57 Å². The maximum atomic E-state index is 5.56. The highest BCUT2D eigenvalue weighted by Crippen LogP contribution is 2.24. The lowest BCUT2D eigenvalue weighted by Gasteiger charge is -2.26. The van der Waals surface area contributed by atoms with E-state index in [2.05, 4.69) is 18.3 Å². The standard InChI is InChI=1S/C14H25NO2/c1-2-8-15-13(11-14-16-9-10-17-14)12-6-4-3-5-7-12/h6,13-15H,2-5,7-11H2,1H3. The molecule has 17 heavy (non-hydrogen) atoms. The number of ether oxygens (including phenoxy) is 2. The van der Waals surface area contributed by atoms with Crippen LogP contribution in [0.4, 0.5) is 0 Å². The minimum absolute atomic E-state index is 0.00665. The van der Waals surface area contributed by atoms with Crippen molar-refractivity contribution in [3.63, 3.8) is 0 Å². The van der Waals surface area contributed by atoms with Gasteiger partial charge in [0.05, 0.1) is 13.2 Å². The molecule has 1 heterocycles. The van der Waals surface area contributed by atoms with Crippen molar-refractivity contribution in [1.82, 2.24) is 5.32 Å². The second-order valence-electron chi connectivity index (χ2n) is 4.94. The normalized spacial score (nSPS) is 23.7. The molecule has 0 aromatic heterocycles. The molecule has 0 spiro atoms. The largest absolute Gasteiger partial charge is 0.350 e. The third-order valence-electron chi connectivity index (χ3n) is 3.53. The van der Waals surface area contributed by atoms with Crippen LogP contribution < -0.4 is 5.32 Å². The zero-order chi connectivity index (χ0) is 11.9. The Kier molecular flexibility index (Phi) is 5.49. The zero-order valence-corrected chi connectivity index (χ0v) is 10.9. The number of nitrogens with one attached hydrogen (secondary N) is 1. The fraction of sp³-hybridized carbons (Fsp3) is 0.857. The number of hydrogen-bond donors (Lipinski definition) is 1. The molecule has 0 aromatic carbocycles. The predicted molar refractivity (Wildman–Crippen MR) is 68.9 cm³/mol. The van der Waals surface area contributed by atoms with E-state index >= 15 is 0 Å². The van der Waals surface area contributed by atoms with Crippen LogP contribution in [0.3, 0.4) is 0 Å². The van der Waals surface area contributed by atoms with Crippen molar-refractivity contribution < 1.29 is 9.47 Å². The average Bonchev–Trinajstić information content (AvgIpc) is 2.88. The molecule has 3 nitrogen and oxygen atoms in total. The van der Waals surface area contributed by atoms with Crippen molar-refractivity contribution in [2.75, 3.05) is 19.8 Å². The Balaban J connectivity index is 1.88. The molecule has 0 bridgehead atoms. The smallest absolute Gasteiger partial charge is 0.159 e. The van der Waals surface area contributed by atoms with Gasteiger partial charge in [-0.25, -0.2) is 0 Å². The SMILES string of the molecule is CCCNC(CC1OCCO1)C1=CCCCC1. The summed E-state index contributed by atoms with van der Waals surface area (Å²) in [5, 5.41) is 3.64. The molecule has 0 amide bonds. The van der Waals surface area contributed by atoms with Gasteiger partial charge in [-0.2, -0.15) is 0 Å². The predicted octanol–water partition coefficient (Wildman–Crippen LogP) is 2.62. The summed E-state index contributed by atoms with van der Waals surface area (Å²) in [6, 6.07) is 0.457. The molecule has 1 aliphatic heterocycles. The average molecular weight is 239 g/mol. The minimum atomic E-state index is 0.00665. The summed E-state index contributed by atoms with van der Waals surface area (Å²) in [5.74, 6) is 0. The fourth-order valence-electron chi connectivity index (χ4n) is 2.60. The first-order chi connectivity index (χ1) is 8.40. The van der Waals surface area contributed by atoms with Gasteiger partial charge >= 0.3 is 0 Å². The molecule has 0 saturated carbocycles. The minimum Gasteiger partial charge on any atom is -0.350 e. The van der Waals surface area contributed by atoms with Gasteiger partial charge in [0.1, 0.15) is 0 Å². The van der Waals surface area contributed by atoms with Crippen molar-refractivity contribution >= 4 is 0 Å². The maximum Gasteiger partial charge on any atom is 0.159 e. The summed E-state index contributed by atoms with van der Waals surface area (Å²) in [4.78, 5) is 0. The summed E-state index contributed by atoms with van der Waals surface area (Å²) in [6.07, 6.45) is 9.74. The van der Waals surface area contributed by atoms with E-state index in [9.17, 15) is 0 Å². The van der Waals surface area contributed by atoms with Crippen LogP contribution in [0, 0.1) is 0 Å².